The molecule has 400 valence electrons. The van der Waals surface area contributed by atoms with E-state index in [1.807, 2.05) is 27.7 Å². The third-order valence-electron chi connectivity index (χ3n) is 12.9. The molecule has 0 saturated carbocycles. The van der Waals surface area contributed by atoms with Crippen LogP contribution < -0.4 is 10.6 Å². The van der Waals surface area contributed by atoms with Gasteiger partial charge in [0, 0.05) is 40.3 Å². The van der Waals surface area contributed by atoms with Crippen LogP contribution in [0.3, 0.4) is 0 Å². The molecule has 2 aliphatic rings. The number of likely N-dealkylation sites (N-methyl/N-ethyl adjacent to an activating group) is 5. The monoisotopic (exact) mass is 1000 g/mol. The number of carbonyl (C=O) groups is 10. The highest BCUT2D eigenvalue weighted by atomic mass is 16.6. The lowest BCUT2D eigenvalue weighted by Gasteiger charge is -2.48. The number of rotatable bonds is 25. The summed E-state index contributed by atoms with van der Waals surface area (Å²) >= 11 is 0. The van der Waals surface area contributed by atoms with Crippen LogP contribution in [0.5, 0.6) is 0 Å². The molecule has 2 rings (SSSR count). The maximum absolute atomic E-state index is 14.9. The van der Waals surface area contributed by atoms with Crippen LogP contribution in [0.15, 0.2) is 24.3 Å². The van der Waals surface area contributed by atoms with Gasteiger partial charge in [-0.3, -0.25) is 43.3 Å². The lowest BCUT2D eigenvalue weighted by molar-refractivity contribution is -0.967. The molecule has 2 aliphatic heterocycles. The summed E-state index contributed by atoms with van der Waals surface area (Å²) in [4.78, 5) is 142. The van der Waals surface area contributed by atoms with E-state index in [4.69, 9.17) is 4.74 Å². The van der Waals surface area contributed by atoms with Gasteiger partial charge in [-0.15, -0.1) is 0 Å². The maximum Gasteiger partial charge on any atom is 0.408 e. The normalized spacial score (nSPS) is 19.0. The Balaban J connectivity index is 2.48. The average Bonchev–Trinajstić information content (AvgIpc) is 3.60. The van der Waals surface area contributed by atoms with E-state index in [0.29, 0.717) is 6.42 Å². The fraction of sp³-hybridized carbons (Fsp3) is 0.720. The van der Waals surface area contributed by atoms with Gasteiger partial charge in [-0.25, -0.2) is 9.59 Å². The minimum absolute atomic E-state index is 0.0397. The topological polar surface area (TPSA) is 244 Å². The second-order valence-electron chi connectivity index (χ2n) is 21.1. The Morgan fingerprint density at radius 2 is 1.27 bits per heavy atom. The van der Waals surface area contributed by atoms with E-state index in [1.54, 1.807) is 60.6 Å². The molecule has 8 atom stereocenters. The number of aliphatic hydroxyl groups excluding tert-OH is 1. The van der Waals surface area contributed by atoms with Gasteiger partial charge < -0.3 is 40.1 Å². The Hall–Kier alpha value is -5.70. The highest BCUT2D eigenvalue weighted by molar-refractivity contribution is 6.12. The van der Waals surface area contributed by atoms with Crippen molar-refractivity contribution in [3.05, 3.63) is 24.3 Å². The molecular weight excluding hydrogens is 919 g/mol. The Bertz CT molecular complexity index is 2010. The molecule has 2 heterocycles. The van der Waals surface area contributed by atoms with Gasteiger partial charge in [0.15, 0.2) is 6.54 Å². The van der Waals surface area contributed by atoms with E-state index in [9.17, 15) is 53.1 Å². The molecule has 2 unspecified atom stereocenters. The predicted octanol–water partition coefficient (Wildman–Crippen LogP) is 2.22. The number of allylic oxidation sites excluding steroid dienone is 2. The Kier molecular flexibility index (Phi) is 22.6. The van der Waals surface area contributed by atoms with Gasteiger partial charge in [-0.1, -0.05) is 60.6 Å². The number of aliphatic hydroxyl groups is 1. The van der Waals surface area contributed by atoms with Crippen LogP contribution in [0.1, 0.15) is 115 Å². The summed E-state index contributed by atoms with van der Waals surface area (Å²) in [7, 11) is 7.19. The van der Waals surface area contributed by atoms with E-state index in [2.05, 4.69) is 10.6 Å². The van der Waals surface area contributed by atoms with Crippen molar-refractivity contribution in [2.45, 2.75) is 163 Å². The zero-order valence-corrected chi connectivity index (χ0v) is 45.3. The number of quaternary nitrogens is 1. The minimum Gasteiger partial charge on any atom is -0.444 e. The number of hydrogen-bond donors (Lipinski definition) is 3. The van der Waals surface area contributed by atoms with E-state index in [-0.39, 0.29) is 63.1 Å². The number of imide groups is 1. The maximum atomic E-state index is 14.9. The van der Waals surface area contributed by atoms with Gasteiger partial charge in [0.05, 0.1) is 19.7 Å². The van der Waals surface area contributed by atoms with Crippen molar-refractivity contribution in [3.8, 4) is 0 Å². The van der Waals surface area contributed by atoms with Crippen LogP contribution in [0, 0.1) is 17.8 Å². The quantitative estimate of drug-likeness (QED) is 0.0678. The largest absolute Gasteiger partial charge is 0.444 e. The summed E-state index contributed by atoms with van der Waals surface area (Å²) < 4.78 is 4.77. The molecule has 1 fully saturated rings. The fourth-order valence-electron chi connectivity index (χ4n) is 8.71. The van der Waals surface area contributed by atoms with Crippen molar-refractivity contribution in [1.82, 2.24) is 40.1 Å². The average molecular weight is 1000 g/mol. The molecule has 0 aromatic heterocycles. The van der Waals surface area contributed by atoms with Crippen molar-refractivity contribution in [1.29, 1.82) is 0 Å². The van der Waals surface area contributed by atoms with Gasteiger partial charge in [0.1, 0.15) is 48.4 Å². The van der Waals surface area contributed by atoms with Crippen molar-refractivity contribution in [2.75, 3.05) is 54.9 Å². The summed E-state index contributed by atoms with van der Waals surface area (Å²) in [6.07, 6.45) is 4.38. The van der Waals surface area contributed by atoms with Crippen LogP contribution >= 0.6 is 0 Å². The number of amides is 10. The number of nitrogens with one attached hydrogen (secondary N) is 2. The first-order valence-corrected chi connectivity index (χ1v) is 24.7. The smallest absolute Gasteiger partial charge is 0.408 e. The summed E-state index contributed by atoms with van der Waals surface area (Å²) in [6, 6.07) is -7.23. The van der Waals surface area contributed by atoms with E-state index < -0.39 is 112 Å². The van der Waals surface area contributed by atoms with Gasteiger partial charge in [-0.05, 0) is 84.5 Å². The van der Waals surface area contributed by atoms with Gasteiger partial charge >= 0.3 is 12.0 Å². The molecule has 0 aliphatic carbocycles. The molecule has 21 heteroatoms. The van der Waals surface area contributed by atoms with Crippen LogP contribution in [0.25, 0.3) is 0 Å². The lowest BCUT2D eigenvalue weighted by Crippen LogP contribution is -2.78. The second-order valence-corrected chi connectivity index (χ2v) is 21.1. The molecule has 3 N–H and O–H groups in total. The van der Waals surface area contributed by atoms with Gasteiger partial charge in [0.25, 0.3) is 17.7 Å². The Labute approximate surface area is 420 Å². The Morgan fingerprint density at radius 1 is 0.775 bits per heavy atom. The van der Waals surface area contributed by atoms with Crippen molar-refractivity contribution >= 4 is 59.3 Å². The van der Waals surface area contributed by atoms with Gasteiger partial charge in [0.2, 0.25) is 29.5 Å². The SMILES string of the molecule is C/C=C/CC[C@H](O)C(C(=O)N[C@@H](CC)C(=O)N1CC(=O)[N+]1(C)CCN1C(=O)C=CC1=O)N(C)C(=O)[C@@H](C(C)C)N(C)C(=O)[C@@H](CC(C)C)N(C)C(=O)[C@@H](CC(C)C)N(C)C(=O)[C@H](C)NC(=O)OC(C)(C)C. The van der Waals surface area contributed by atoms with E-state index >= 15 is 0 Å². The Morgan fingerprint density at radius 3 is 1.72 bits per heavy atom. The van der Waals surface area contributed by atoms with E-state index in [0.717, 1.165) is 22.0 Å². The lowest BCUT2D eigenvalue weighted by atomic mass is 9.95. The van der Waals surface area contributed by atoms with Crippen molar-refractivity contribution < 1.29 is 62.4 Å². The summed E-state index contributed by atoms with van der Waals surface area (Å²) in [6.45, 7) is 20.4. The second kappa shape index (κ2) is 26.1. The third kappa shape index (κ3) is 15.9. The fourth-order valence-corrected chi connectivity index (χ4v) is 8.71. The van der Waals surface area contributed by atoms with Crippen LogP contribution in [0.4, 0.5) is 4.79 Å². The predicted molar refractivity (Wildman–Crippen MR) is 265 cm³/mol. The first-order chi connectivity index (χ1) is 32.8. The van der Waals surface area contributed by atoms with Crippen LogP contribution in [0.2, 0.25) is 0 Å². The van der Waals surface area contributed by atoms with Gasteiger partial charge in [-0.2, -0.15) is 9.60 Å². The third-order valence-corrected chi connectivity index (χ3v) is 12.9. The number of alkyl carbamates (subject to hydrolysis) is 1. The molecule has 0 bridgehead atoms. The highest BCUT2D eigenvalue weighted by Crippen LogP contribution is 2.26. The molecule has 0 aromatic carbocycles. The molecule has 0 aromatic rings. The molecule has 71 heavy (non-hydrogen) atoms. The summed E-state index contributed by atoms with van der Waals surface area (Å²) in [5.41, 5.74) is -0.814. The number of nitrogens with zero attached hydrogens (tertiary/aromatic N) is 7. The molecule has 21 nitrogen and oxygen atoms in total. The molecule has 0 spiro atoms. The standard InChI is InChI=1S/C50H83N9O12/c1-18-20-21-22-37(60)42(43(64)52-34(19-2)45(66)58-29-40(63)59(58,17)26-25-57-38(61)23-24-39(57)62)56(16)48(69)41(32(7)8)55(15)47(68)36(28-31(5)6)54(14)46(67)35(27-30(3)4)53(13)44(65)33(9)51-49(70)71-50(10,11)12/h18,20,23-24,30-37,41-42,60H,19,21-22,25-29H2,1-17H3,(H-,51,52,64,70)/p+1/b20-18+/t33-,34-,35+,36+,37-,41+,42?,59?/m0/s1. The van der Waals surface area contributed by atoms with Crippen LogP contribution in [-0.4, -0.2) is 201 Å². The molecule has 0 radical (unpaired) electrons. The first kappa shape index (κ1) is 61.4. The minimum atomic E-state index is -1.56. The summed E-state index contributed by atoms with van der Waals surface area (Å²) in [5, 5.41) is 18.2. The first-order valence-electron chi connectivity index (χ1n) is 24.7. The summed E-state index contributed by atoms with van der Waals surface area (Å²) in [5.74, 6) is -6.06. The number of carbonyl (C=O) groups excluding carboxylic acids is 10. The van der Waals surface area contributed by atoms with Crippen molar-refractivity contribution in [3.63, 3.8) is 0 Å². The zero-order chi connectivity index (χ0) is 54.6. The zero-order valence-electron chi connectivity index (χ0n) is 45.3. The highest BCUT2D eigenvalue weighted by Gasteiger charge is 2.56. The number of hydrogen-bond acceptors (Lipinski definition) is 12. The van der Waals surface area contributed by atoms with E-state index in [1.165, 1.54) is 61.9 Å². The molecule has 1 saturated heterocycles. The van der Waals surface area contributed by atoms with Crippen LogP contribution in [-0.2, 0) is 47.9 Å². The number of ether oxygens (including phenoxy) is 1. The van der Waals surface area contributed by atoms with Crippen molar-refractivity contribution in [2.24, 2.45) is 17.8 Å². The molecular formula is C50H84N9O12+. The molecule has 10 amide bonds.